The first-order valence-electron chi connectivity index (χ1n) is 7.72. The molecule has 1 spiro atoms. The van der Waals surface area contributed by atoms with Gasteiger partial charge in [-0.05, 0) is 55.4 Å². The summed E-state index contributed by atoms with van der Waals surface area (Å²) in [6.45, 7) is 1.44. The SMILES string of the molecule is O=C(Nc1ccc(C(F)(F)F)cc1)NC1CCC12CCOCC2. The fourth-order valence-corrected chi connectivity index (χ4v) is 3.37. The summed E-state index contributed by atoms with van der Waals surface area (Å²) in [7, 11) is 0. The molecule has 1 saturated heterocycles. The summed E-state index contributed by atoms with van der Waals surface area (Å²) in [6, 6.07) is 4.17. The Balaban J connectivity index is 1.55. The van der Waals surface area contributed by atoms with E-state index in [1.165, 1.54) is 12.1 Å². The van der Waals surface area contributed by atoms with Crippen molar-refractivity contribution in [3.8, 4) is 0 Å². The number of alkyl halides is 3. The molecule has 1 aromatic carbocycles. The van der Waals surface area contributed by atoms with E-state index in [1.807, 2.05) is 0 Å². The standard InChI is InChI=1S/C16H19F3N2O2/c17-16(18,19)11-1-3-12(4-2-11)20-14(22)21-13-5-6-15(13)7-9-23-10-8-15/h1-4,13H,5-10H2,(H2,20,21,22). The van der Waals surface area contributed by atoms with Crippen molar-refractivity contribution >= 4 is 11.7 Å². The Morgan fingerprint density at radius 2 is 1.78 bits per heavy atom. The van der Waals surface area contributed by atoms with Gasteiger partial charge in [0.1, 0.15) is 0 Å². The Labute approximate surface area is 132 Å². The molecule has 2 aliphatic rings. The second kappa shape index (κ2) is 6.03. The molecule has 1 atom stereocenters. The fourth-order valence-electron chi connectivity index (χ4n) is 3.37. The Kier molecular flexibility index (Phi) is 4.23. The first kappa shape index (κ1) is 16.1. The van der Waals surface area contributed by atoms with Gasteiger partial charge in [0.25, 0.3) is 0 Å². The molecule has 1 heterocycles. The molecule has 1 aliphatic heterocycles. The summed E-state index contributed by atoms with van der Waals surface area (Å²) in [4.78, 5) is 12.0. The minimum Gasteiger partial charge on any atom is -0.381 e. The van der Waals surface area contributed by atoms with Gasteiger partial charge in [-0.1, -0.05) is 0 Å². The summed E-state index contributed by atoms with van der Waals surface area (Å²) in [5.74, 6) is 0. The average molecular weight is 328 g/mol. The summed E-state index contributed by atoms with van der Waals surface area (Å²) in [6.07, 6.45) is -0.472. The largest absolute Gasteiger partial charge is 0.416 e. The van der Waals surface area contributed by atoms with E-state index in [1.54, 1.807) is 0 Å². The number of hydrogen-bond acceptors (Lipinski definition) is 2. The molecule has 2 amide bonds. The van der Waals surface area contributed by atoms with Crippen LogP contribution in [0.1, 0.15) is 31.2 Å². The van der Waals surface area contributed by atoms with E-state index in [0.717, 1.165) is 51.0 Å². The number of rotatable bonds is 2. The molecule has 1 unspecified atom stereocenters. The monoisotopic (exact) mass is 328 g/mol. The second-order valence-electron chi connectivity index (χ2n) is 6.24. The number of amides is 2. The molecule has 3 rings (SSSR count). The van der Waals surface area contributed by atoms with E-state index < -0.39 is 11.7 Å². The first-order valence-corrected chi connectivity index (χ1v) is 7.72. The number of anilines is 1. The zero-order valence-electron chi connectivity index (χ0n) is 12.6. The van der Waals surface area contributed by atoms with Crippen molar-refractivity contribution in [3.05, 3.63) is 29.8 Å². The molecule has 2 fully saturated rings. The van der Waals surface area contributed by atoms with Crippen LogP contribution in [0.15, 0.2) is 24.3 Å². The molecule has 1 aliphatic carbocycles. The van der Waals surface area contributed by atoms with Crippen molar-refractivity contribution < 1.29 is 22.7 Å². The maximum absolute atomic E-state index is 12.5. The van der Waals surface area contributed by atoms with Gasteiger partial charge in [-0.2, -0.15) is 13.2 Å². The normalized spacial score (nSPS) is 23.2. The van der Waals surface area contributed by atoms with Crippen molar-refractivity contribution in [3.63, 3.8) is 0 Å². The van der Waals surface area contributed by atoms with E-state index in [-0.39, 0.29) is 17.5 Å². The predicted octanol–water partition coefficient (Wildman–Crippen LogP) is 3.79. The topological polar surface area (TPSA) is 50.4 Å². The average Bonchev–Trinajstić information content (AvgIpc) is 2.52. The maximum Gasteiger partial charge on any atom is 0.416 e. The summed E-state index contributed by atoms with van der Waals surface area (Å²) < 4.78 is 42.9. The van der Waals surface area contributed by atoms with Gasteiger partial charge in [-0.3, -0.25) is 0 Å². The van der Waals surface area contributed by atoms with Gasteiger partial charge in [0.05, 0.1) is 5.56 Å². The van der Waals surface area contributed by atoms with Crippen LogP contribution in [0.5, 0.6) is 0 Å². The van der Waals surface area contributed by atoms with Crippen molar-refractivity contribution in [2.45, 2.75) is 37.9 Å². The Hall–Kier alpha value is -1.76. The van der Waals surface area contributed by atoms with E-state index >= 15 is 0 Å². The molecular weight excluding hydrogens is 309 g/mol. The van der Waals surface area contributed by atoms with Crippen molar-refractivity contribution in [2.75, 3.05) is 18.5 Å². The summed E-state index contributed by atoms with van der Waals surface area (Å²) >= 11 is 0. The van der Waals surface area contributed by atoms with Crippen molar-refractivity contribution in [1.82, 2.24) is 5.32 Å². The molecule has 23 heavy (non-hydrogen) atoms. The molecule has 0 radical (unpaired) electrons. The van der Waals surface area contributed by atoms with Gasteiger partial charge in [0.2, 0.25) is 0 Å². The Morgan fingerprint density at radius 3 is 2.30 bits per heavy atom. The second-order valence-corrected chi connectivity index (χ2v) is 6.24. The number of halogens is 3. The van der Waals surface area contributed by atoms with Crippen LogP contribution < -0.4 is 10.6 Å². The van der Waals surface area contributed by atoms with Crippen LogP contribution in [0, 0.1) is 5.41 Å². The number of carbonyl (C=O) groups excluding carboxylic acids is 1. The molecule has 4 nitrogen and oxygen atoms in total. The number of carbonyl (C=O) groups is 1. The highest BCUT2D eigenvalue weighted by Crippen LogP contribution is 2.48. The van der Waals surface area contributed by atoms with E-state index in [0.29, 0.717) is 5.69 Å². The molecule has 7 heteroatoms. The van der Waals surface area contributed by atoms with Crippen molar-refractivity contribution in [1.29, 1.82) is 0 Å². The van der Waals surface area contributed by atoms with Crippen LogP contribution in [0.3, 0.4) is 0 Å². The van der Waals surface area contributed by atoms with E-state index in [2.05, 4.69) is 10.6 Å². The molecule has 1 saturated carbocycles. The van der Waals surface area contributed by atoms with Gasteiger partial charge in [-0.15, -0.1) is 0 Å². The zero-order chi connectivity index (χ0) is 16.5. The molecule has 0 aromatic heterocycles. The minimum atomic E-state index is -4.37. The molecular formula is C16H19F3N2O2. The van der Waals surface area contributed by atoms with Crippen LogP contribution in [0.25, 0.3) is 0 Å². The lowest BCUT2D eigenvalue weighted by atomic mass is 9.60. The summed E-state index contributed by atoms with van der Waals surface area (Å²) in [5.41, 5.74) is -0.255. The maximum atomic E-state index is 12.5. The van der Waals surface area contributed by atoms with Gasteiger partial charge >= 0.3 is 12.2 Å². The number of hydrogen-bond donors (Lipinski definition) is 2. The highest BCUT2D eigenvalue weighted by atomic mass is 19.4. The molecule has 1 aromatic rings. The minimum absolute atomic E-state index is 0.112. The summed E-state index contributed by atoms with van der Waals surface area (Å²) in [5, 5.41) is 5.54. The molecule has 126 valence electrons. The third-order valence-corrected chi connectivity index (χ3v) is 4.93. The number of nitrogens with one attached hydrogen (secondary N) is 2. The predicted molar refractivity (Wildman–Crippen MR) is 79.1 cm³/mol. The van der Waals surface area contributed by atoms with Crippen LogP contribution in [0.4, 0.5) is 23.7 Å². The van der Waals surface area contributed by atoms with Crippen LogP contribution in [-0.2, 0) is 10.9 Å². The van der Waals surface area contributed by atoms with E-state index in [4.69, 9.17) is 4.74 Å². The van der Waals surface area contributed by atoms with E-state index in [9.17, 15) is 18.0 Å². The Morgan fingerprint density at radius 1 is 1.13 bits per heavy atom. The zero-order valence-corrected chi connectivity index (χ0v) is 12.6. The lowest BCUT2D eigenvalue weighted by molar-refractivity contribution is -0.137. The smallest absolute Gasteiger partial charge is 0.381 e. The first-order chi connectivity index (χ1) is 10.9. The van der Waals surface area contributed by atoms with Gasteiger partial charge in [0.15, 0.2) is 0 Å². The lowest BCUT2D eigenvalue weighted by Crippen LogP contribution is -2.57. The van der Waals surface area contributed by atoms with Gasteiger partial charge in [-0.25, -0.2) is 4.79 Å². The molecule has 2 N–H and O–H groups in total. The number of urea groups is 1. The fraction of sp³-hybridized carbons (Fsp3) is 0.562. The highest BCUT2D eigenvalue weighted by molar-refractivity contribution is 5.89. The quantitative estimate of drug-likeness (QED) is 0.868. The van der Waals surface area contributed by atoms with Crippen LogP contribution in [-0.4, -0.2) is 25.3 Å². The number of ether oxygens (including phenoxy) is 1. The van der Waals surface area contributed by atoms with Crippen LogP contribution >= 0.6 is 0 Å². The van der Waals surface area contributed by atoms with Gasteiger partial charge in [0, 0.05) is 24.9 Å². The number of benzene rings is 1. The third kappa shape index (κ3) is 3.44. The lowest BCUT2D eigenvalue weighted by Gasteiger charge is -2.51. The van der Waals surface area contributed by atoms with Crippen LogP contribution in [0.2, 0.25) is 0 Å². The van der Waals surface area contributed by atoms with Crippen molar-refractivity contribution in [2.24, 2.45) is 5.41 Å². The highest BCUT2D eigenvalue weighted by Gasteiger charge is 2.47. The third-order valence-electron chi connectivity index (χ3n) is 4.93. The Bertz CT molecular complexity index is 566. The van der Waals surface area contributed by atoms with Gasteiger partial charge < -0.3 is 15.4 Å². The molecule has 0 bridgehead atoms.